The lowest BCUT2D eigenvalue weighted by atomic mass is 9.95. The first-order valence-electron chi connectivity index (χ1n) is 7.50. The van der Waals surface area contributed by atoms with E-state index in [4.69, 9.17) is 15.2 Å². The normalized spacial score (nSPS) is 19.7. The molecule has 0 saturated carbocycles. The van der Waals surface area contributed by atoms with E-state index in [0.29, 0.717) is 23.6 Å². The van der Waals surface area contributed by atoms with Gasteiger partial charge in [-0.3, -0.25) is 9.69 Å². The molecule has 0 bridgehead atoms. The zero-order chi connectivity index (χ0) is 17.3. The Bertz CT molecular complexity index is 726. The topological polar surface area (TPSA) is 111 Å². The second kappa shape index (κ2) is 6.23. The molecule has 24 heavy (non-hydrogen) atoms. The van der Waals surface area contributed by atoms with Crippen molar-refractivity contribution in [1.82, 2.24) is 10.2 Å². The number of cyclic esters (lactones) is 1. The van der Waals surface area contributed by atoms with E-state index in [2.05, 4.69) is 5.32 Å². The largest absolute Gasteiger partial charge is 0.494 e. The highest BCUT2D eigenvalue weighted by molar-refractivity contribution is 5.98. The number of ether oxygens (including phenoxy) is 2. The summed E-state index contributed by atoms with van der Waals surface area (Å²) >= 11 is 0. The third kappa shape index (κ3) is 2.78. The van der Waals surface area contributed by atoms with Crippen molar-refractivity contribution in [3.05, 3.63) is 41.1 Å². The summed E-state index contributed by atoms with van der Waals surface area (Å²) in [4.78, 5) is 36.7. The Morgan fingerprint density at radius 3 is 2.71 bits per heavy atom. The van der Waals surface area contributed by atoms with Gasteiger partial charge >= 0.3 is 12.0 Å². The number of carbonyl (C=O) groups is 3. The van der Waals surface area contributed by atoms with Crippen LogP contribution in [0.15, 0.2) is 35.5 Å². The molecule has 8 heteroatoms. The Morgan fingerprint density at radius 2 is 2.08 bits per heavy atom. The molecule has 0 aromatic heterocycles. The van der Waals surface area contributed by atoms with E-state index in [1.807, 2.05) is 6.92 Å². The summed E-state index contributed by atoms with van der Waals surface area (Å²) < 4.78 is 10.4. The minimum absolute atomic E-state index is 0.0532. The van der Waals surface area contributed by atoms with Crippen LogP contribution in [0.25, 0.3) is 0 Å². The first-order chi connectivity index (χ1) is 11.5. The predicted octanol–water partition coefficient (Wildman–Crippen LogP) is 0.448. The predicted molar refractivity (Wildman–Crippen MR) is 82.8 cm³/mol. The van der Waals surface area contributed by atoms with Gasteiger partial charge in [0, 0.05) is 0 Å². The van der Waals surface area contributed by atoms with Gasteiger partial charge in [-0.15, -0.1) is 0 Å². The molecule has 3 amide bonds. The van der Waals surface area contributed by atoms with Crippen molar-refractivity contribution >= 4 is 17.9 Å². The van der Waals surface area contributed by atoms with Crippen molar-refractivity contribution in [3.8, 4) is 5.75 Å². The Labute approximate surface area is 138 Å². The van der Waals surface area contributed by atoms with Gasteiger partial charge in [-0.2, -0.15) is 0 Å². The summed E-state index contributed by atoms with van der Waals surface area (Å²) in [7, 11) is 0. The third-order valence-electron chi connectivity index (χ3n) is 3.84. The van der Waals surface area contributed by atoms with Gasteiger partial charge in [0.2, 0.25) is 5.91 Å². The van der Waals surface area contributed by atoms with E-state index in [9.17, 15) is 14.4 Å². The van der Waals surface area contributed by atoms with Crippen molar-refractivity contribution in [2.24, 2.45) is 5.73 Å². The number of benzene rings is 1. The number of amides is 3. The zero-order valence-electron chi connectivity index (χ0n) is 13.1. The van der Waals surface area contributed by atoms with Crippen LogP contribution in [0.2, 0.25) is 0 Å². The standard InChI is InChI=1S/C16H17N3O5/c1-2-23-10-5-3-9(4-6-10)14-13-11(8-24-15(13)21)19(7-12(17)20)16(22)18-14/h3-6,14H,2,7-8H2,1H3,(H2,17,20)(H,18,22). The van der Waals surface area contributed by atoms with Gasteiger partial charge in [-0.25, -0.2) is 9.59 Å². The van der Waals surface area contributed by atoms with Gasteiger partial charge in [-0.1, -0.05) is 12.1 Å². The van der Waals surface area contributed by atoms with Crippen LogP contribution in [0, 0.1) is 0 Å². The molecule has 126 valence electrons. The molecule has 3 N–H and O–H groups in total. The molecule has 0 spiro atoms. The SMILES string of the molecule is CCOc1ccc(C2NC(=O)N(CC(N)=O)C3=C2C(=O)OC3)cc1. The van der Waals surface area contributed by atoms with Crippen LogP contribution in [0.1, 0.15) is 18.5 Å². The van der Waals surface area contributed by atoms with Gasteiger partial charge in [0.05, 0.1) is 23.9 Å². The van der Waals surface area contributed by atoms with Gasteiger partial charge in [0.15, 0.2) is 0 Å². The van der Waals surface area contributed by atoms with Gasteiger partial charge in [0.25, 0.3) is 0 Å². The van der Waals surface area contributed by atoms with Crippen molar-refractivity contribution in [3.63, 3.8) is 0 Å². The smallest absolute Gasteiger partial charge is 0.338 e. The molecular weight excluding hydrogens is 314 g/mol. The second-order valence-corrected chi connectivity index (χ2v) is 5.37. The molecule has 2 aliphatic rings. The Morgan fingerprint density at radius 1 is 1.38 bits per heavy atom. The maximum absolute atomic E-state index is 12.3. The van der Waals surface area contributed by atoms with Crippen LogP contribution in [0.4, 0.5) is 4.79 Å². The van der Waals surface area contributed by atoms with Crippen LogP contribution < -0.4 is 15.8 Å². The minimum Gasteiger partial charge on any atom is -0.494 e. The first-order valence-corrected chi connectivity index (χ1v) is 7.50. The number of hydrogen-bond donors (Lipinski definition) is 2. The molecule has 1 aromatic carbocycles. The summed E-state index contributed by atoms with van der Waals surface area (Å²) in [6.45, 7) is 2.07. The van der Waals surface area contributed by atoms with E-state index < -0.39 is 23.9 Å². The maximum Gasteiger partial charge on any atom is 0.338 e. The lowest BCUT2D eigenvalue weighted by Crippen LogP contribution is -2.49. The van der Waals surface area contributed by atoms with Crippen LogP contribution in [-0.2, 0) is 14.3 Å². The molecule has 3 rings (SSSR count). The molecule has 0 aliphatic carbocycles. The highest BCUT2D eigenvalue weighted by Crippen LogP contribution is 2.35. The third-order valence-corrected chi connectivity index (χ3v) is 3.84. The fraction of sp³-hybridized carbons (Fsp3) is 0.312. The average Bonchev–Trinajstić information content (AvgIpc) is 2.93. The van der Waals surface area contributed by atoms with Crippen LogP contribution >= 0.6 is 0 Å². The van der Waals surface area contributed by atoms with Crippen LogP contribution in [-0.4, -0.2) is 42.6 Å². The van der Waals surface area contributed by atoms with Crippen molar-refractivity contribution < 1.29 is 23.9 Å². The lowest BCUT2D eigenvalue weighted by Gasteiger charge is -2.32. The number of nitrogens with zero attached hydrogens (tertiary/aromatic N) is 1. The Kier molecular flexibility index (Phi) is 4.11. The fourth-order valence-corrected chi connectivity index (χ4v) is 2.81. The molecule has 2 heterocycles. The maximum atomic E-state index is 12.3. The lowest BCUT2D eigenvalue weighted by molar-refractivity contribution is -0.136. The molecule has 8 nitrogen and oxygen atoms in total. The van der Waals surface area contributed by atoms with Crippen LogP contribution in [0.3, 0.4) is 0 Å². The van der Waals surface area contributed by atoms with Crippen molar-refractivity contribution in [2.75, 3.05) is 19.8 Å². The highest BCUT2D eigenvalue weighted by Gasteiger charge is 2.42. The molecule has 1 aromatic rings. The van der Waals surface area contributed by atoms with E-state index in [0.717, 1.165) is 10.5 Å². The van der Waals surface area contributed by atoms with Gasteiger partial charge < -0.3 is 20.5 Å². The number of nitrogens with two attached hydrogens (primary N) is 1. The van der Waals surface area contributed by atoms with Crippen molar-refractivity contribution in [1.29, 1.82) is 0 Å². The molecule has 1 atom stereocenters. The zero-order valence-corrected chi connectivity index (χ0v) is 13.1. The van der Waals surface area contributed by atoms with Crippen molar-refractivity contribution in [2.45, 2.75) is 13.0 Å². The van der Waals surface area contributed by atoms with E-state index in [1.165, 1.54) is 0 Å². The number of rotatable bonds is 5. The highest BCUT2D eigenvalue weighted by atomic mass is 16.5. The quantitative estimate of drug-likeness (QED) is 0.761. The molecule has 0 radical (unpaired) electrons. The van der Waals surface area contributed by atoms with E-state index >= 15 is 0 Å². The van der Waals surface area contributed by atoms with Gasteiger partial charge in [-0.05, 0) is 24.6 Å². The van der Waals surface area contributed by atoms with E-state index in [-0.39, 0.29) is 13.2 Å². The first kappa shape index (κ1) is 15.9. The fourth-order valence-electron chi connectivity index (χ4n) is 2.81. The summed E-state index contributed by atoms with van der Waals surface area (Å²) in [5.41, 5.74) is 6.59. The summed E-state index contributed by atoms with van der Waals surface area (Å²) in [6, 6.07) is 5.95. The minimum atomic E-state index is -0.670. The molecule has 1 unspecified atom stereocenters. The Hall–Kier alpha value is -3.03. The second-order valence-electron chi connectivity index (χ2n) is 5.37. The van der Waals surface area contributed by atoms with Crippen LogP contribution in [0.5, 0.6) is 5.75 Å². The number of primary amides is 1. The number of carbonyl (C=O) groups excluding carboxylic acids is 3. The van der Waals surface area contributed by atoms with Gasteiger partial charge in [0.1, 0.15) is 18.9 Å². The number of urea groups is 1. The molecule has 0 saturated heterocycles. The molecular formula is C16H17N3O5. The monoisotopic (exact) mass is 331 g/mol. The number of hydrogen-bond acceptors (Lipinski definition) is 5. The molecule has 2 aliphatic heterocycles. The average molecular weight is 331 g/mol. The number of nitrogens with one attached hydrogen (secondary N) is 1. The summed E-state index contributed by atoms with van der Waals surface area (Å²) in [5, 5.41) is 2.72. The summed E-state index contributed by atoms with van der Waals surface area (Å²) in [5.74, 6) is -0.490. The Balaban J connectivity index is 1.96. The number of esters is 1. The molecule has 0 fully saturated rings. The van der Waals surface area contributed by atoms with E-state index in [1.54, 1.807) is 24.3 Å². The summed E-state index contributed by atoms with van der Waals surface area (Å²) in [6.07, 6.45) is 0.